The number of nitriles is 2. The normalized spacial score (nSPS) is 11.5. The first-order valence-corrected chi connectivity index (χ1v) is 11.8. The molecule has 3 nitrogen and oxygen atoms in total. The fourth-order valence-corrected chi connectivity index (χ4v) is 4.49. The Morgan fingerprint density at radius 2 is 0.950 bits per heavy atom. The van der Waals surface area contributed by atoms with Gasteiger partial charge in [0.05, 0.1) is 34.4 Å². The van der Waals surface area contributed by atoms with Gasteiger partial charge >= 0.3 is 12.4 Å². The van der Waals surface area contributed by atoms with Crippen LogP contribution in [-0.2, 0) is 30.0 Å². The van der Waals surface area contributed by atoms with Crippen LogP contribution in [0.2, 0.25) is 0 Å². The highest BCUT2D eigenvalue weighted by Gasteiger charge is 2.35. The molecule has 0 unspecified atom stereocenters. The van der Waals surface area contributed by atoms with Crippen LogP contribution in [0.3, 0.4) is 0 Å². The molecule has 0 saturated carbocycles. The van der Waals surface area contributed by atoms with Crippen molar-refractivity contribution in [2.75, 3.05) is 0 Å². The average Bonchev–Trinajstić information content (AvgIpc) is 2.92. The second-order valence-corrected chi connectivity index (χ2v) is 8.96. The van der Waals surface area contributed by atoms with Gasteiger partial charge in [0.15, 0.2) is 0 Å². The average molecular weight is 548 g/mol. The Hall–Kier alpha value is -4.89. The van der Waals surface area contributed by atoms with Gasteiger partial charge < -0.3 is 0 Å². The quantitative estimate of drug-likeness (QED) is 0.228. The van der Waals surface area contributed by atoms with Crippen LogP contribution in [0, 0.1) is 22.7 Å². The van der Waals surface area contributed by atoms with Crippen molar-refractivity contribution in [2.24, 2.45) is 0 Å². The Morgan fingerprint density at radius 1 is 0.575 bits per heavy atom. The summed E-state index contributed by atoms with van der Waals surface area (Å²) in [6.45, 7) is 0. The zero-order valence-corrected chi connectivity index (χ0v) is 20.6. The van der Waals surface area contributed by atoms with Crippen molar-refractivity contribution in [3.05, 3.63) is 118 Å². The number of carbonyl (C=O) groups excluding carboxylic acids is 1. The molecule has 0 amide bonds. The van der Waals surface area contributed by atoms with E-state index in [1.54, 1.807) is 0 Å². The molecule has 0 saturated heterocycles. The second kappa shape index (κ2) is 11.1. The summed E-state index contributed by atoms with van der Waals surface area (Å²) in [7, 11) is 0. The van der Waals surface area contributed by atoms with E-state index in [1.807, 2.05) is 12.1 Å². The van der Waals surface area contributed by atoms with Gasteiger partial charge in [-0.05, 0) is 58.7 Å². The van der Waals surface area contributed by atoms with Gasteiger partial charge in [-0.25, -0.2) is 0 Å². The molecule has 9 heteroatoms. The summed E-state index contributed by atoms with van der Waals surface area (Å²) >= 11 is 0. The lowest BCUT2D eigenvalue weighted by atomic mass is 9.91. The molecule has 0 spiro atoms. The van der Waals surface area contributed by atoms with Crippen molar-refractivity contribution in [2.45, 2.75) is 25.2 Å². The highest BCUT2D eigenvalue weighted by Crippen LogP contribution is 2.39. The Bertz CT molecular complexity index is 1550. The summed E-state index contributed by atoms with van der Waals surface area (Å²) in [6, 6.07) is 21.8. The molecule has 0 aliphatic rings. The molecule has 0 radical (unpaired) electrons. The number of benzene rings is 4. The molecule has 0 aliphatic carbocycles. The molecule has 0 atom stereocenters. The molecule has 0 heterocycles. The number of rotatable bonds is 6. The van der Waals surface area contributed by atoms with Crippen LogP contribution in [-0.4, -0.2) is 5.78 Å². The molecular formula is C31H18F6N2O. The van der Waals surface area contributed by atoms with Gasteiger partial charge in [-0.15, -0.1) is 0 Å². The maximum absolute atomic E-state index is 13.6. The highest BCUT2D eigenvalue weighted by molar-refractivity contribution is 5.85. The van der Waals surface area contributed by atoms with Gasteiger partial charge in [-0.1, -0.05) is 48.5 Å². The van der Waals surface area contributed by atoms with Crippen molar-refractivity contribution in [1.82, 2.24) is 0 Å². The number of alkyl halides is 6. The molecule has 4 aromatic rings. The molecule has 4 rings (SSSR count). The predicted molar refractivity (Wildman–Crippen MR) is 136 cm³/mol. The van der Waals surface area contributed by atoms with Gasteiger partial charge in [-0.3, -0.25) is 4.79 Å². The van der Waals surface area contributed by atoms with E-state index in [4.69, 9.17) is 0 Å². The third-order valence-corrected chi connectivity index (χ3v) is 6.26. The van der Waals surface area contributed by atoms with Crippen molar-refractivity contribution < 1.29 is 31.1 Å². The fraction of sp³-hybridized carbons (Fsp3) is 0.129. The first-order chi connectivity index (χ1) is 18.9. The first-order valence-electron chi connectivity index (χ1n) is 11.8. The lowest BCUT2D eigenvalue weighted by molar-refractivity contribution is -0.137. The van der Waals surface area contributed by atoms with E-state index in [-0.39, 0.29) is 52.0 Å². The number of halogens is 6. The molecule has 0 N–H and O–H groups in total. The van der Waals surface area contributed by atoms with E-state index in [9.17, 15) is 41.7 Å². The lowest BCUT2D eigenvalue weighted by Crippen LogP contribution is -2.09. The van der Waals surface area contributed by atoms with Crippen LogP contribution in [0.5, 0.6) is 0 Å². The summed E-state index contributed by atoms with van der Waals surface area (Å²) in [5.74, 6) is -0.362. The molecule has 0 aliphatic heterocycles. The zero-order chi connectivity index (χ0) is 29.1. The Labute approximate surface area is 225 Å². The minimum atomic E-state index is -4.66. The molecular weight excluding hydrogens is 530 g/mol. The van der Waals surface area contributed by atoms with Gasteiger partial charge in [0.2, 0.25) is 0 Å². The van der Waals surface area contributed by atoms with Crippen LogP contribution < -0.4 is 0 Å². The van der Waals surface area contributed by atoms with Crippen LogP contribution in [0.1, 0.15) is 33.4 Å². The number of Topliss-reactive ketones (excluding diaryl/α,β-unsaturated/α-hetero) is 1. The molecule has 0 fully saturated rings. The molecule has 0 bridgehead atoms. The van der Waals surface area contributed by atoms with Crippen molar-refractivity contribution >= 4 is 5.78 Å². The summed E-state index contributed by atoms with van der Waals surface area (Å²) in [4.78, 5) is 12.9. The van der Waals surface area contributed by atoms with Gasteiger partial charge in [0.1, 0.15) is 5.78 Å². The van der Waals surface area contributed by atoms with Crippen LogP contribution in [0.15, 0.2) is 84.9 Å². The summed E-state index contributed by atoms with van der Waals surface area (Å²) < 4.78 is 81.6. The summed E-state index contributed by atoms with van der Waals surface area (Å²) in [5, 5.41) is 19.0. The minimum Gasteiger partial charge on any atom is -0.299 e. The predicted octanol–water partition coefficient (Wildman–Crippen LogP) is 8.16. The third kappa shape index (κ3) is 6.05. The standard InChI is InChI=1S/C31H18F6N2O/c32-30(33,34)28-7-3-1-5-24(28)26-15-19(9-11-21(26)17-38)13-23(40)14-20-10-12-22(18-39)27(16-20)25-6-2-4-8-29(25)31(35,36)37/h1-12,15-16H,13-14H2. The van der Waals surface area contributed by atoms with Crippen molar-refractivity contribution in [3.63, 3.8) is 0 Å². The van der Waals surface area contributed by atoms with Crippen LogP contribution in [0.25, 0.3) is 22.3 Å². The first kappa shape index (κ1) is 28.1. The Morgan fingerprint density at radius 3 is 1.30 bits per heavy atom. The minimum absolute atomic E-state index is 0.00737. The number of hydrogen-bond donors (Lipinski definition) is 0. The SMILES string of the molecule is N#Cc1ccc(CC(=O)Cc2ccc(C#N)c(-c3ccccc3C(F)(F)F)c2)cc1-c1ccccc1C(F)(F)F. The summed E-state index contributed by atoms with van der Waals surface area (Å²) in [6.07, 6.45) is -9.71. The fourth-order valence-electron chi connectivity index (χ4n) is 4.49. The van der Waals surface area contributed by atoms with E-state index in [2.05, 4.69) is 0 Å². The largest absolute Gasteiger partial charge is 0.417 e. The number of ketones is 1. The Balaban J connectivity index is 1.65. The Kier molecular flexibility index (Phi) is 7.79. The maximum atomic E-state index is 13.6. The molecule has 4 aromatic carbocycles. The summed E-state index contributed by atoms with van der Waals surface area (Å²) in [5.41, 5.74) is -1.41. The maximum Gasteiger partial charge on any atom is 0.417 e. The number of hydrogen-bond acceptors (Lipinski definition) is 3. The monoisotopic (exact) mass is 548 g/mol. The smallest absolute Gasteiger partial charge is 0.299 e. The second-order valence-electron chi connectivity index (χ2n) is 8.96. The van der Waals surface area contributed by atoms with Crippen molar-refractivity contribution in [3.8, 4) is 34.4 Å². The number of nitrogens with zero attached hydrogens (tertiary/aromatic N) is 2. The van der Waals surface area contributed by atoms with E-state index in [1.165, 1.54) is 72.8 Å². The van der Waals surface area contributed by atoms with Crippen LogP contribution >= 0.6 is 0 Å². The van der Waals surface area contributed by atoms with E-state index >= 15 is 0 Å². The zero-order valence-electron chi connectivity index (χ0n) is 20.6. The van der Waals surface area contributed by atoms with Gasteiger partial charge in [0, 0.05) is 24.0 Å². The lowest BCUT2D eigenvalue weighted by Gasteiger charge is -2.15. The molecule has 0 aromatic heterocycles. The number of carbonyl (C=O) groups is 1. The van der Waals surface area contributed by atoms with E-state index in [0.717, 1.165) is 12.1 Å². The topological polar surface area (TPSA) is 64.7 Å². The van der Waals surface area contributed by atoms with Crippen molar-refractivity contribution in [1.29, 1.82) is 10.5 Å². The molecule has 40 heavy (non-hydrogen) atoms. The highest BCUT2D eigenvalue weighted by atomic mass is 19.4. The van der Waals surface area contributed by atoms with E-state index < -0.39 is 23.5 Å². The molecule has 200 valence electrons. The van der Waals surface area contributed by atoms with E-state index in [0.29, 0.717) is 11.1 Å². The van der Waals surface area contributed by atoms with Gasteiger partial charge in [0.25, 0.3) is 0 Å². The van der Waals surface area contributed by atoms with Crippen LogP contribution in [0.4, 0.5) is 26.3 Å². The van der Waals surface area contributed by atoms with Gasteiger partial charge in [-0.2, -0.15) is 36.9 Å². The third-order valence-electron chi connectivity index (χ3n) is 6.26.